The molecule has 7 rings (SSSR count). The number of aromatic nitrogens is 1. The Morgan fingerprint density at radius 1 is 0.962 bits per heavy atom. The Morgan fingerprint density at radius 3 is 2.23 bits per heavy atom. The summed E-state index contributed by atoms with van der Waals surface area (Å²) in [6, 6.07) is 13.0. The van der Waals surface area contributed by atoms with Gasteiger partial charge in [0.2, 0.25) is 0 Å². The molecule has 1 fully saturated rings. The molecule has 3 aliphatic carbocycles. The van der Waals surface area contributed by atoms with E-state index in [1.54, 1.807) is 0 Å². The highest BCUT2D eigenvalue weighted by molar-refractivity contribution is 5.87. The molecular formula is C22H19NO3. The van der Waals surface area contributed by atoms with E-state index < -0.39 is 5.79 Å². The number of carbonyl (C=O) groups is 1. The minimum Gasteiger partial charge on any atom is -0.358 e. The number of ether oxygens (including phenoxy) is 2. The molecule has 2 aromatic carbocycles. The van der Waals surface area contributed by atoms with Crippen molar-refractivity contribution < 1.29 is 14.3 Å². The van der Waals surface area contributed by atoms with E-state index >= 15 is 0 Å². The van der Waals surface area contributed by atoms with Crippen LogP contribution in [-0.4, -0.2) is 29.3 Å². The van der Waals surface area contributed by atoms with Crippen molar-refractivity contribution in [2.45, 2.75) is 43.7 Å². The van der Waals surface area contributed by atoms with E-state index in [4.69, 9.17) is 9.47 Å². The van der Waals surface area contributed by atoms with Gasteiger partial charge in [0.15, 0.2) is 12.1 Å². The second-order valence-corrected chi connectivity index (χ2v) is 8.04. The third-order valence-electron chi connectivity index (χ3n) is 6.19. The molecule has 4 atom stereocenters. The monoisotopic (exact) mass is 345 g/mol. The van der Waals surface area contributed by atoms with Crippen molar-refractivity contribution in [3.63, 3.8) is 0 Å². The van der Waals surface area contributed by atoms with E-state index in [0.29, 0.717) is 5.69 Å². The zero-order valence-electron chi connectivity index (χ0n) is 14.7. The quantitative estimate of drug-likeness (QED) is 0.676. The Hall–Kier alpha value is -2.43. The molecule has 2 heterocycles. The number of fused-ring (bicyclic) bond motifs is 1. The van der Waals surface area contributed by atoms with Gasteiger partial charge < -0.3 is 14.5 Å². The average Bonchev–Trinajstić information content (AvgIpc) is 3.19. The second kappa shape index (κ2) is 4.64. The molecule has 0 saturated carbocycles. The summed E-state index contributed by atoms with van der Waals surface area (Å²) in [6.45, 7) is 3.95. The van der Waals surface area contributed by atoms with Gasteiger partial charge in [0, 0.05) is 18.0 Å². The molecule has 4 aliphatic rings. The number of aldehydes is 1. The Morgan fingerprint density at radius 2 is 1.58 bits per heavy atom. The fraction of sp³-hybridized carbons (Fsp3) is 0.318. The van der Waals surface area contributed by atoms with Crippen LogP contribution >= 0.6 is 0 Å². The highest BCUT2D eigenvalue weighted by Gasteiger charge is 2.58. The van der Waals surface area contributed by atoms with Gasteiger partial charge in [0.1, 0.15) is 0 Å². The van der Waals surface area contributed by atoms with Crippen LogP contribution in [0.2, 0.25) is 0 Å². The molecule has 1 saturated heterocycles. The normalized spacial score (nSPS) is 30.1. The topological polar surface area (TPSA) is 51.3 Å². The summed E-state index contributed by atoms with van der Waals surface area (Å²) >= 11 is 0. The summed E-state index contributed by atoms with van der Waals surface area (Å²) in [4.78, 5) is 14.8. The van der Waals surface area contributed by atoms with Gasteiger partial charge in [-0.2, -0.15) is 0 Å². The van der Waals surface area contributed by atoms with E-state index in [1.165, 1.54) is 27.5 Å². The smallest absolute Gasteiger partial charge is 0.166 e. The number of benzene rings is 2. The van der Waals surface area contributed by atoms with Crippen LogP contribution in [-0.2, 0) is 9.47 Å². The molecule has 3 aromatic rings. The molecule has 0 radical (unpaired) electrons. The van der Waals surface area contributed by atoms with Gasteiger partial charge >= 0.3 is 0 Å². The predicted octanol–water partition coefficient (Wildman–Crippen LogP) is 4.09. The van der Waals surface area contributed by atoms with E-state index in [0.717, 1.165) is 11.8 Å². The van der Waals surface area contributed by atoms with Gasteiger partial charge in [0.05, 0.1) is 17.9 Å². The molecule has 1 aliphatic heterocycles. The average molecular weight is 345 g/mol. The van der Waals surface area contributed by atoms with Crippen molar-refractivity contribution in [3.8, 4) is 0 Å². The summed E-state index contributed by atoms with van der Waals surface area (Å²) in [7, 11) is 0. The van der Waals surface area contributed by atoms with Crippen molar-refractivity contribution in [1.29, 1.82) is 0 Å². The Labute approximate surface area is 151 Å². The molecule has 0 spiro atoms. The Bertz CT molecular complexity index is 1080. The van der Waals surface area contributed by atoms with Crippen LogP contribution in [0.15, 0.2) is 42.6 Å². The van der Waals surface area contributed by atoms with E-state index in [-0.39, 0.29) is 24.0 Å². The number of H-pyrrole nitrogens is 1. The first-order valence-corrected chi connectivity index (χ1v) is 9.12. The summed E-state index contributed by atoms with van der Waals surface area (Å²) in [5, 5.41) is 2.46. The van der Waals surface area contributed by atoms with Crippen LogP contribution in [0.25, 0.3) is 10.8 Å². The van der Waals surface area contributed by atoms with Crippen LogP contribution in [0.1, 0.15) is 58.4 Å². The van der Waals surface area contributed by atoms with E-state index in [9.17, 15) is 4.79 Å². The molecule has 1 N–H and O–H groups in total. The van der Waals surface area contributed by atoms with Crippen LogP contribution in [0.4, 0.5) is 0 Å². The van der Waals surface area contributed by atoms with Gasteiger partial charge in [-0.1, -0.05) is 36.4 Å². The van der Waals surface area contributed by atoms with Crippen molar-refractivity contribution in [3.05, 3.63) is 70.5 Å². The lowest BCUT2D eigenvalue weighted by Crippen LogP contribution is -2.45. The van der Waals surface area contributed by atoms with Gasteiger partial charge in [0.25, 0.3) is 0 Å². The van der Waals surface area contributed by atoms with Crippen molar-refractivity contribution in [2.24, 2.45) is 0 Å². The first kappa shape index (κ1) is 14.7. The predicted molar refractivity (Wildman–Crippen MR) is 97.6 cm³/mol. The standard InChI is InChI=1S/C22H19NO3/c1-22(2)25-20-17-13-7-11-5-3-4-6-12(11)8-14(13)19(21(20)26-22)18-15(17)9-23-16(18)10-24/h3-10,17,19-21,23H,1-2H3. The minimum atomic E-state index is -0.609. The number of nitrogens with one attached hydrogen (secondary N) is 1. The van der Waals surface area contributed by atoms with Crippen LogP contribution in [0.3, 0.4) is 0 Å². The summed E-state index contributed by atoms with van der Waals surface area (Å²) in [5.74, 6) is -0.499. The lowest BCUT2D eigenvalue weighted by atomic mass is 9.61. The lowest BCUT2D eigenvalue weighted by molar-refractivity contribution is -0.146. The fourth-order valence-corrected chi connectivity index (χ4v) is 5.33. The van der Waals surface area contributed by atoms with Crippen LogP contribution in [0, 0.1) is 0 Å². The van der Waals surface area contributed by atoms with Crippen molar-refractivity contribution in [1.82, 2.24) is 4.98 Å². The maximum atomic E-state index is 11.7. The Balaban J connectivity index is 1.67. The minimum absolute atomic E-state index is 0.0211. The number of rotatable bonds is 1. The molecule has 1 aromatic heterocycles. The van der Waals surface area contributed by atoms with E-state index in [1.807, 2.05) is 20.0 Å². The fourth-order valence-electron chi connectivity index (χ4n) is 5.33. The van der Waals surface area contributed by atoms with Gasteiger partial charge in [-0.25, -0.2) is 0 Å². The summed E-state index contributed by atoms with van der Waals surface area (Å²) in [6.07, 6.45) is 2.83. The van der Waals surface area contributed by atoms with Crippen molar-refractivity contribution >= 4 is 17.1 Å². The SMILES string of the molecule is CC1(C)OC2C3c4cc5ccccc5cc4C(c4c3c[nH]c4C=O)C2O1. The maximum absolute atomic E-state index is 11.7. The first-order valence-electron chi connectivity index (χ1n) is 9.12. The number of carbonyl (C=O) groups excluding carboxylic acids is 1. The molecule has 2 bridgehead atoms. The highest BCUT2D eigenvalue weighted by atomic mass is 16.8. The molecule has 4 unspecified atom stereocenters. The molecule has 4 nitrogen and oxygen atoms in total. The second-order valence-electron chi connectivity index (χ2n) is 8.04. The molecule has 26 heavy (non-hydrogen) atoms. The van der Waals surface area contributed by atoms with Crippen molar-refractivity contribution in [2.75, 3.05) is 0 Å². The van der Waals surface area contributed by atoms with E-state index in [2.05, 4.69) is 41.4 Å². The van der Waals surface area contributed by atoms with Crippen LogP contribution in [0.5, 0.6) is 0 Å². The highest BCUT2D eigenvalue weighted by Crippen LogP contribution is 2.59. The maximum Gasteiger partial charge on any atom is 0.166 e. The zero-order valence-corrected chi connectivity index (χ0v) is 14.7. The van der Waals surface area contributed by atoms with Gasteiger partial charge in [-0.05, 0) is 46.9 Å². The third-order valence-corrected chi connectivity index (χ3v) is 6.19. The van der Waals surface area contributed by atoms with Gasteiger partial charge in [-0.3, -0.25) is 4.79 Å². The largest absolute Gasteiger partial charge is 0.358 e. The summed E-state index contributed by atoms with van der Waals surface area (Å²) < 4.78 is 12.7. The molecule has 130 valence electrons. The summed E-state index contributed by atoms with van der Waals surface area (Å²) in [5.41, 5.74) is 5.52. The lowest BCUT2D eigenvalue weighted by Gasteiger charge is -2.45. The molecular weight excluding hydrogens is 326 g/mol. The third kappa shape index (κ3) is 1.69. The first-order chi connectivity index (χ1) is 12.6. The zero-order chi connectivity index (χ0) is 17.6. The Kier molecular flexibility index (Phi) is 2.63. The number of hydrogen-bond donors (Lipinski definition) is 1. The number of aromatic amines is 1. The van der Waals surface area contributed by atoms with Gasteiger partial charge in [-0.15, -0.1) is 0 Å². The van der Waals surface area contributed by atoms with Crippen LogP contribution < -0.4 is 0 Å². The molecule has 4 heteroatoms. The number of hydrogen-bond acceptors (Lipinski definition) is 3. The molecule has 0 amide bonds.